The average Bonchev–Trinajstić information content (AvgIpc) is 3.07. The van der Waals surface area contributed by atoms with Crippen LogP contribution in [0.2, 0.25) is 0 Å². The van der Waals surface area contributed by atoms with Gasteiger partial charge in [-0.1, -0.05) is 44.9 Å². The molecule has 0 bridgehead atoms. The normalized spacial score (nSPS) is 11.8. The van der Waals surface area contributed by atoms with E-state index in [4.69, 9.17) is 14.2 Å². The molecule has 0 aliphatic heterocycles. The fourth-order valence-electron chi connectivity index (χ4n) is 4.72. The zero-order chi connectivity index (χ0) is 31.9. The third kappa shape index (κ3) is 10.5. The van der Waals surface area contributed by atoms with Gasteiger partial charge in [-0.3, -0.25) is 9.78 Å². The molecule has 236 valence electrons. The molecule has 0 aliphatic carbocycles. The molecule has 0 aliphatic rings. The first kappa shape index (κ1) is 33.8. The maximum absolute atomic E-state index is 13.0. The molecule has 0 saturated heterocycles. The molecule has 1 aromatic heterocycles. The number of nitrogens with zero attached hydrogens (tertiary/aromatic N) is 1. The maximum Gasteiger partial charge on any atom is 0.248 e. The standard InChI is InChI=1S/C37H42N2O5S/c1-4-6-22-43-23-24-44-34-14-8-29(9-15-34)30-10-18-36(42-3)31(25-30)11-19-37(40)39-33-12-16-35(17-13-33)45(41)27-32-26-38-21-20-28(32)7-5-2/h8-21,25-26H,4-7,22-24,27H2,1-3H3,(H,39,40)/b19-11+/t45-/m1/s1. The number of unbranched alkanes of at least 4 members (excludes halogenated alkanes) is 1. The summed E-state index contributed by atoms with van der Waals surface area (Å²) in [5.41, 5.74) is 5.59. The Labute approximate surface area is 269 Å². The number of aryl methyl sites for hydroxylation is 1. The van der Waals surface area contributed by atoms with Crippen LogP contribution < -0.4 is 14.8 Å². The second kappa shape index (κ2) is 18.0. The van der Waals surface area contributed by atoms with Crippen molar-refractivity contribution in [3.05, 3.63) is 108 Å². The number of rotatable bonds is 17. The quantitative estimate of drug-likeness (QED) is 0.0729. The largest absolute Gasteiger partial charge is 0.611 e. The Hall–Kier alpha value is -4.11. The number of ether oxygens (including phenoxy) is 3. The van der Waals surface area contributed by atoms with E-state index in [1.807, 2.05) is 48.5 Å². The van der Waals surface area contributed by atoms with Gasteiger partial charge in [0.25, 0.3) is 0 Å². The Kier molecular flexibility index (Phi) is 13.5. The van der Waals surface area contributed by atoms with Crippen LogP contribution in [0.25, 0.3) is 17.2 Å². The molecule has 8 heteroatoms. The van der Waals surface area contributed by atoms with E-state index in [1.54, 1.807) is 49.8 Å². The Morgan fingerprint density at radius 2 is 1.69 bits per heavy atom. The first-order chi connectivity index (χ1) is 22.0. The second-order valence-corrected chi connectivity index (χ2v) is 12.0. The van der Waals surface area contributed by atoms with Gasteiger partial charge in [0.15, 0.2) is 4.90 Å². The number of amides is 1. The SMILES string of the molecule is CCCCOCCOc1ccc(-c2ccc(OC)c(/C=C/C(=O)Nc3ccc([S@+]([O-])Cc4cnccc4CCC)cc3)c2)cc1. The molecular formula is C37H42N2O5S. The fourth-order valence-corrected chi connectivity index (χ4v) is 5.87. The van der Waals surface area contributed by atoms with Crippen molar-refractivity contribution in [3.63, 3.8) is 0 Å². The molecule has 1 N–H and O–H groups in total. The number of nitrogens with one attached hydrogen (secondary N) is 1. The van der Waals surface area contributed by atoms with Gasteiger partial charge in [-0.25, -0.2) is 0 Å². The number of hydrogen-bond acceptors (Lipinski definition) is 6. The van der Waals surface area contributed by atoms with Crippen LogP contribution in [0.4, 0.5) is 5.69 Å². The van der Waals surface area contributed by atoms with Gasteiger partial charge in [0.1, 0.15) is 23.9 Å². The summed E-state index contributed by atoms with van der Waals surface area (Å²) in [6, 6.07) is 22.9. The number of pyridine rings is 1. The van der Waals surface area contributed by atoms with Gasteiger partial charge in [-0.2, -0.15) is 0 Å². The van der Waals surface area contributed by atoms with Gasteiger partial charge in [0, 0.05) is 41.9 Å². The average molecular weight is 627 g/mol. The molecule has 0 fully saturated rings. The number of benzene rings is 3. The number of hydrogen-bond donors (Lipinski definition) is 1. The Morgan fingerprint density at radius 3 is 2.42 bits per heavy atom. The predicted octanol–water partition coefficient (Wildman–Crippen LogP) is 7.86. The van der Waals surface area contributed by atoms with Gasteiger partial charge in [-0.15, -0.1) is 0 Å². The van der Waals surface area contributed by atoms with Crippen molar-refractivity contribution in [3.8, 4) is 22.6 Å². The van der Waals surface area contributed by atoms with Crippen LogP contribution in [0.5, 0.6) is 11.5 Å². The van der Waals surface area contributed by atoms with E-state index in [0.29, 0.717) is 35.3 Å². The summed E-state index contributed by atoms with van der Waals surface area (Å²) in [5, 5.41) is 2.88. The Morgan fingerprint density at radius 1 is 0.911 bits per heavy atom. The molecule has 1 heterocycles. The fraction of sp³-hybridized carbons (Fsp3) is 0.297. The van der Waals surface area contributed by atoms with Crippen LogP contribution in [0, 0.1) is 0 Å². The zero-order valence-electron chi connectivity index (χ0n) is 26.3. The lowest BCUT2D eigenvalue weighted by molar-refractivity contribution is -0.111. The topological polar surface area (TPSA) is 92.7 Å². The second-order valence-electron chi connectivity index (χ2n) is 10.5. The third-order valence-electron chi connectivity index (χ3n) is 7.17. The van der Waals surface area contributed by atoms with Crippen molar-refractivity contribution in [2.24, 2.45) is 0 Å². The summed E-state index contributed by atoms with van der Waals surface area (Å²) >= 11 is -1.22. The monoisotopic (exact) mass is 626 g/mol. The van der Waals surface area contributed by atoms with E-state index in [-0.39, 0.29) is 5.91 Å². The van der Waals surface area contributed by atoms with Crippen molar-refractivity contribution in [1.82, 2.24) is 4.98 Å². The molecule has 1 atom stereocenters. The van der Waals surface area contributed by atoms with Gasteiger partial charge >= 0.3 is 0 Å². The van der Waals surface area contributed by atoms with Crippen molar-refractivity contribution in [1.29, 1.82) is 0 Å². The molecule has 0 saturated carbocycles. The van der Waals surface area contributed by atoms with Crippen LogP contribution in [-0.2, 0) is 32.9 Å². The summed E-state index contributed by atoms with van der Waals surface area (Å²) in [6.07, 6.45) is 10.9. The van der Waals surface area contributed by atoms with Crippen molar-refractivity contribution in [2.75, 3.05) is 32.2 Å². The van der Waals surface area contributed by atoms with Gasteiger partial charge in [-0.05, 0) is 101 Å². The summed E-state index contributed by atoms with van der Waals surface area (Å²) in [5.74, 6) is 1.58. The summed E-state index contributed by atoms with van der Waals surface area (Å²) in [6.45, 7) is 6.11. The van der Waals surface area contributed by atoms with Crippen LogP contribution in [0.1, 0.15) is 49.8 Å². The summed E-state index contributed by atoms with van der Waals surface area (Å²) < 4.78 is 29.9. The van der Waals surface area contributed by atoms with E-state index in [0.717, 1.165) is 60.3 Å². The highest BCUT2D eigenvalue weighted by atomic mass is 32.2. The van der Waals surface area contributed by atoms with Crippen molar-refractivity contribution in [2.45, 2.75) is 50.2 Å². The number of anilines is 1. The maximum atomic E-state index is 13.0. The Bertz CT molecular complexity index is 1520. The van der Waals surface area contributed by atoms with Crippen molar-refractivity contribution < 1.29 is 23.6 Å². The van der Waals surface area contributed by atoms with Crippen LogP contribution >= 0.6 is 0 Å². The Balaban J connectivity index is 1.34. The zero-order valence-corrected chi connectivity index (χ0v) is 27.1. The molecular weight excluding hydrogens is 584 g/mol. The van der Waals surface area contributed by atoms with E-state index in [2.05, 4.69) is 24.1 Å². The van der Waals surface area contributed by atoms with Gasteiger partial charge < -0.3 is 24.1 Å². The third-order valence-corrected chi connectivity index (χ3v) is 8.54. The van der Waals surface area contributed by atoms with Crippen LogP contribution in [0.15, 0.2) is 96.2 Å². The first-order valence-corrected chi connectivity index (χ1v) is 16.7. The smallest absolute Gasteiger partial charge is 0.248 e. The molecule has 0 unspecified atom stereocenters. The van der Waals surface area contributed by atoms with E-state index in [1.165, 1.54) is 11.6 Å². The molecule has 7 nitrogen and oxygen atoms in total. The predicted molar refractivity (Wildman–Crippen MR) is 182 cm³/mol. The minimum atomic E-state index is -1.22. The van der Waals surface area contributed by atoms with Crippen molar-refractivity contribution >= 4 is 28.8 Å². The van der Waals surface area contributed by atoms with Gasteiger partial charge in [0.2, 0.25) is 5.91 Å². The van der Waals surface area contributed by atoms with Crippen LogP contribution in [-0.4, -0.2) is 42.4 Å². The molecule has 4 rings (SSSR count). The minimum absolute atomic E-state index is 0.281. The van der Waals surface area contributed by atoms with E-state index >= 15 is 0 Å². The highest BCUT2D eigenvalue weighted by Gasteiger charge is 2.15. The number of carbonyl (C=O) groups is 1. The number of carbonyl (C=O) groups excluding carboxylic acids is 1. The highest BCUT2D eigenvalue weighted by molar-refractivity contribution is 7.90. The highest BCUT2D eigenvalue weighted by Crippen LogP contribution is 2.29. The minimum Gasteiger partial charge on any atom is -0.611 e. The molecule has 1 amide bonds. The molecule has 4 aromatic rings. The van der Waals surface area contributed by atoms with E-state index < -0.39 is 11.2 Å². The summed E-state index contributed by atoms with van der Waals surface area (Å²) in [7, 11) is 1.61. The lowest BCUT2D eigenvalue weighted by atomic mass is 10.0. The van der Waals surface area contributed by atoms with Crippen LogP contribution in [0.3, 0.4) is 0 Å². The molecule has 3 aromatic carbocycles. The van der Waals surface area contributed by atoms with E-state index in [9.17, 15) is 9.35 Å². The summed E-state index contributed by atoms with van der Waals surface area (Å²) in [4.78, 5) is 17.7. The van der Waals surface area contributed by atoms with Gasteiger partial charge in [0.05, 0.1) is 13.7 Å². The lowest BCUT2D eigenvalue weighted by Gasteiger charge is -2.13. The molecule has 0 radical (unpaired) electrons. The molecule has 45 heavy (non-hydrogen) atoms. The lowest BCUT2D eigenvalue weighted by Crippen LogP contribution is -2.09. The first-order valence-electron chi connectivity index (χ1n) is 15.4. The number of methoxy groups -OCH3 is 1. The number of aromatic nitrogens is 1. The molecule has 0 spiro atoms.